The normalized spacial score (nSPS) is 23.0. The molecule has 1 aliphatic heterocycles. The molecule has 1 aromatic heterocycles. The predicted octanol–water partition coefficient (Wildman–Crippen LogP) is 2.02. The monoisotopic (exact) mass is 416 g/mol. The molecule has 2 N–H and O–H groups in total. The summed E-state index contributed by atoms with van der Waals surface area (Å²) in [4.78, 5) is 27.0. The van der Waals surface area contributed by atoms with Crippen LogP contribution in [0.1, 0.15) is 34.8 Å². The van der Waals surface area contributed by atoms with Gasteiger partial charge < -0.3 is 29.5 Å². The zero-order valence-corrected chi connectivity index (χ0v) is 17.7. The maximum atomic E-state index is 13.1. The number of hydrogen-bond donors (Lipinski definition) is 2. The summed E-state index contributed by atoms with van der Waals surface area (Å²) in [6.45, 7) is 5.68. The van der Waals surface area contributed by atoms with E-state index in [1.807, 2.05) is 6.92 Å². The van der Waals surface area contributed by atoms with E-state index in [-0.39, 0.29) is 29.7 Å². The number of ether oxygens (including phenoxy) is 2. The van der Waals surface area contributed by atoms with Gasteiger partial charge >= 0.3 is 0 Å². The minimum absolute atomic E-state index is 0.0671. The van der Waals surface area contributed by atoms with Crippen molar-refractivity contribution >= 4 is 17.5 Å². The highest BCUT2D eigenvalue weighted by molar-refractivity contribution is 6.03. The Morgan fingerprint density at radius 3 is 2.83 bits per heavy atom. The van der Waals surface area contributed by atoms with Gasteiger partial charge in [-0.15, -0.1) is 0 Å². The van der Waals surface area contributed by atoms with Gasteiger partial charge in [-0.25, -0.2) is 0 Å². The van der Waals surface area contributed by atoms with Crippen LogP contribution in [0.4, 0.5) is 5.69 Å². The number of benzene rings is 1. The fourth-order valence-corrected chi connectivity index (χ4v) is 3.26. The van der Waals surface area contributed by atoms with Crippen LogP contribution >= 0.6 is 0 Å². The van der Waals surface area contributed by atoms with E-state index in [4.69, 9.17) is 14.0 Å². The average Bonchev–Trinajstić information content (AvgIpc) is 3.28. The largest absolute Gasteiger partial charge is 0.491 e. The molecule has 3 rings (SSSR count). The topological polar surface area (TPSA) is 106 Å². The Hall–Kier alpha value is -2.91. The number of carbonyl (C=O) groups is 2. The molecule has 0 fully saturated rings. The lowest BCUT2D eigenvalue weighted by Crippen LogP contribution is -2.44. The number of nitrogens with zero attached hydrogens (tertiary/aromatic N) is 2. The number of rotatable bonds is 3. The van der Waals surface area contributed by atoms with Gasteiger partial charge in [0.05, 0.1) is 17.9 Å². The highest BCUT2D eigenvalue weighted by Crippen LogP contribution is 2.26. The molecule has 3 atom stereocenters. The Balaban J connectivity index is 1.87. The van der Waals surface area contributed by atoms with E-state index in [0.717, 1.165) is 6.54 Å². The number of methoxy groups -OCH3 is 1. The van der Waals surface area contributed by atoms with E-state index >= 15 is 0 Å². The van der Waals surface area contributed by atoms with Gasteiger partial charge in [0, 0.05) is 51.1 Å². The fourth-order valence-electron chi connectivity index (χ4n) is 3.26. The molecule has 0 radical (unpaired) electrons. The molecule has 30 heavy (non-hydrogen) atoms. The molecule has 162 valence electrons. The van der Waals surface area contributed by atoms with Crippen molar-refractivity contribution in [3.8, 4) is 5.75 Å². The first-order valence-corrected chi connectivity index (χ1v) is 9.89. The Labute approximate surface area is 175 Å². The Kier molecular flexibility index (Phi) is 7.07. The highest BCUT2D eigenvalue weighted by Gasteiger charge is 2.25. The number of hydrogen-bond acceptors (Lipinski definition) is 7. The van der Waals surface area contributed by atoms with E-state index < -0.39 is 5.91 Å². The molecule has 9 nitrogen and oxygen atoms in total. The molecular weight excluding hydrogens is 388 g/mol. The van der Waals surface area contributed by atoms with Crippen LogP contribution in [-0.4, -0.2) is 67.9 Å². The molecule has 0 bridgehead atoms. The van der Waals surface area contributed by atoms with E-state index in [1.54, 1.807) is 37.3 Å². The second kappa shape index (κ2) is 9.73. The van der Waals surface area contributed by atoms with Gasteiger partial charge in [0.15, 0.2) is 0 Å². The van der Waals surface area contributed by atoms with Crippen LogP contribution in [0.2, 0.25) is 0 Å². The van der Waals surface area contributed by atoms with Gasteiger partial charge in [-0.1, -0.05) is 12.1 Å². The lowest BCUT2D eigenvalue weighted by atomic mass is 10.0. The summed E-state index contributed by atoms with van der Waals surface area (Å²) in [7, 11) is 3.40. The first-order valence-electron chi connectivity index (χ1n) is 9.89. The zero-order valence-electron chi connectivity index (χ0n) is 17.7. The van der Waals surface area contributed by atoms with Crippen molar-refractivity contribution in [2.24, 2.45) is 5.92 Å². The SMILES string of the molecule is CO[C@H]1CN(C)C(=O)c2ccc(NC(=O)c3ccno3)cc2OC[C@@H](C)NC[C@@H]1C. The summed E-state index contributed by atoms with van der Waals surface area (Å²) in [5, 5.41) is 9.70. The van der Waals surface area contributed by atoms with Crippen LogP contribution < -0.4 is 15.4 Å². The highest BCUT2D eigenvalue weighted by atomic mass is 16.5. The second-order valence-electron chi connectivity index (χ2n) is 7.60. The van der Waals surface area contributed by atoms with Crippen LogP contribution in [0.15, 0.2) is 35.0 Å². The van der Waals surface area contributed by atoms with Crippen LogP contribution in [-0.2, 0) is 4.74 Å². The van der Waals surface area contributed by atoms with E-state index in [9.17, 15) is 9.59 Å². The molecule has 1 aromatic carbocycles. The number of fused-ring (bicyclic) bond motifs is 1. The minimum atomic E-state index is -0.434. The zero-order chi connectivity index (χ0) is 21.7. The van der Waals surface area contributed by atoms with Crippen molar-refractivity contribution in [2.45, 2.75) is 26.0 Å². The molecule has 2 aromatic rings. The number of aromatic nitrogens is 1. The molecule has 0 unspecified atom stereocenters. The molecule has 0 aliphatic carbocycles. The molecule has 0 saturated heterocycles. The van der Waals surface area contributed by atoms with Crippen molar-refractivity contribution in [3.05, 3.63) is 41.8 Å². The van der Waals surface area contributed by atoms with Crippen molar-refractivity contribution in [2.75, 3.05) is 39.2 Å². The first kappa shape index (κ1) is 21.8. The third-order valence-corrected chi connectivity index (χ3v) is 5.15. The lowest BCUT2D eigenvalue weighted by molar-refractivity contribution is 0.0281. The maximum absolute atomic E-state index is 13.1. The molecular formula is C21H28N4O5. The number of nitrogens with one attached hydrogen (secondary N) is 2. The van der Waals surface area contributed by atoms with Crippen molar-refractivity contribution < 1.29 is 23.6 Å². The summed E-state index contributed by atoms with van der Waals surface area (Å²) in [6, 6.07) is 6.49. The molecule has 0 saturated carbocycles. The van der Waals surface area contributed by atoms with Gasteiger partial charge in [-0.3, -0.25) is 9.59 Å². The third-order valence-electron chi connectivity index (χ3n) is 5.15. The Bertz CT molecular complexity index is 870. The third kappa shape index (κ3) is 5.17. The Morgan fingerprint density at radius 1 is 1.33 bits per heavy atom. The first-order chi connectivity index (χ1) is 14.4. The summed E-state index contributed by atoms with van der Waals surface area (Å²) in [6.07, 6.45) is 1.30. The van der Waals surface area contributed by atoms with E-state index in [2.05, 4.69) is 22.7 Å². The number of anilines is 1. The molecule has 0 spiro atoms. The smallest absolute Gasteiger partial charge is 0.294 e. The van der Waals surface area contributed by atoms with Crippen LogP contribution in [0.25, 0.3) is 0 Å². The predicted molar refractivity (Wildman–Crippen MR) is 111 cm³/mol. The van der Waals surface area contributed by atoms with Crippen molar-refractivity contribution in [3.63, 3.8) is 0 Å². The average molecular weight is 416 g/mol. The summed E-state index contributed by atoms with van der Waals surface area (Å²) < 4.78 is 16.5. The molecule has 2 heterocycles. The van der Waals surface area contributed by atoms with Crippen LogP contribution in [0.5, 0.6) is 5.75 Å². The molecule has 9 heteroatoms. The van der Waals surface area contributed by atoms with Gasteiger partial charge in [0.25, 0.3) is 11.8 Å². The van der Waals surface area contributed by atoms with Crippen LogP contribution in [0.3, 0.4) is 0 Å². The summed E-state index contributed by atoms with van der Waals surface area (Å²) in [5.41, 5.74) is 0.909. The number of carbonyl (C=O) groups excluding carboxylic acids is 2. The summed E-state index contributed by atoms with van der Waals surface area (Å²) >= 11 is 0. The maximum Gasteiger partial charge on any atom is 0.294 e. The van der Waals surface area contributed by atoms with Crippen molar-refractivity contribution in [1.82, 2.24) is 15.4 Å². The minimum Gasteiger partial charge on any atom is -0.491 e. The van der Waals surface area contributed by atoms with Gasteiger partial charge in [-0.05, 0) is 25.0 Å². The number of likely N-dealkylation sites (N-methyl/N-ethyl adjacent to an activating group) is 1. The number of amides is 2. The van der Waals surface area contributed by atoms with Gasteiger partial charge in [-0.2, -0.15) is 0 Å². The lowest BCUT2D eigenvalue weighted by Gasteiger charge is -2.30. The second-order valence-corrected chi connectivity index (χ2v) is 7.60. The summed E-state index contributed by atoms with van der Waals surface area (Å²) in [5.74, 6) is 0.111. The molecule has 2 amide bonds. The van der Waals surface area contributed by atoms with Crippen molar-refractivity contribution in [1.29, 1.82) is 0 Å². The van der Waals surface area contributed by atoms with Gasteiger partial charge in [0.1, 0.15) is 12.4 Å². The van der Waals surface area contributed by atoms with Gasteiger partial charge in [0.2, 0.25) is 5.76 Å². The standard InChI is InChI=1S/C21H28N4O5/c1-13-10-22-14(2)12-29-18-9-15(24-20(26)17-7-8-23-30-17)5-6-16(18)21(27)25(3)11-19(13)28-4/h5-9,13-14,19,22H,10-12H2,1-4H3,(H,24,26)/t13-,14+,19-/m0/s1. The van der Waals surface area contributed by atoms with Crippen LogP contribution in [0, 0.1) is 5.92 Å². The van der Waals surface area contributed by atoms with E-state index in [1.165, 1.54) is 12.3 Å². The fraction of sp³-hybridized carbons (Fsp3) is 0.476. The van der Waals surface area contributed by atoms with E-state index in [0.29, 0.717) is 30.2 Å². The Morgan fingerprint density at radius 2 is 2.13 bits per heavy atom. The molecule has 1 aliphatic rings. The quantitative estimate of drug-likeness (QED) is 0.788.